The molecular formula is C22H23N7O2. The molecule has 0 saturated heterocycles. The van der Waals surface area contributed by atoms with E-state index >= 15 is 0 Å². The molecule has 1 fully saturated rings. The monoisotopic (exact) mass is 417 g/mol. The van der Waals surface area contributed by atoms with Gasteiger partial charge in [-0.25, -0.2) is 0 Å². The Labute approximate surface area is 178 Å². The quantitative estimate of drug-likeness (QED) is 0.423. The van der Waals surface area contributed by atoms with Crippen LogP contribution >= 0.6 is 0 Å². The van der Waals surface area contributed by atoms with Crippen LogP contribution in [0.4, 0.5) is 0 Å². The third-order valence-corrected chi connectivity index (χ3v) is 5.34. The molecule has 0 atom stereocenters. The molecule has 31 heavy (non-hydrogen) atoms. The topological polar surface area (TPSA) is 114 Å². The van der Waals surface area contributed by atoms with E-state index in [4.69, 9.17) is 9.84 Å². The maximum absolute atomic E-state index is 13.1. The summed E-state index contributed by atoms with van der Waals surface area (Å²) < 4.78 is 7.70. The van der Waals surface area contributed by atoms with E-state index in [1.165, 1.54) is 0 Å². The highest BCUT2D eigenvalue weighted by Gasteiger charge is 2.26. The maximum atomic E-state index is 13.1. The summed E-state index contributed by atoms with van der Waals surface area (Å²) in [5.41, 5.74) is 2.99. The standard InChI is InChI=1S/C22H23N7O2/c1-2-3-12-31-16-8-4-14(5-9-16)19-13-17(18-10-11-29(26-18)15-6-7-15)20(22(30)23-19)21-24-27-28-25-21/h4-5,8-11,13,15H,2-3,6-7,12H2,1H3,(H,23,30)(H,24,25,27,28). The third-order valence-electron chi connectivity index (χ3n) is 5.34. The minimum absolute atomic E-state index is 0.239. The number of hydrogen-bond acceptors (Lipinski definition) is 6. The largest absolute Gasteiger partial charge is 0.494 e. The molecule has 5 rings (SSSR count). The summed E-state index contributed by atoms with van der Waals surface area (Å²) in [6.07, 6.45) is 6.32. The number of nitrogens with one attached hydrogen (secondary N) is 2. The number of unbranched alkanes of at least 4 members (excludes halogenated alkanes) is 1. The van der Waals surface area contributed by atoms with Gasteiger partial charge in [-0.1, -0.05) is 13.3 Å². The van der Waals surface area contributed by atoms with Crippen molar-refractivity contribution in [1.82, 2.24) is 35.4 Å². The Morgan fingerprint density at radius 3 is 2.74 bits per heavy atom. The highest BCUT2D eigenvalue weighted by molar-refractivity contribution is 5.81. The van der Waals surface area contributed by atoms with Gasteiger partial charge in [-0.15, -0.1) is 10.2 Å². The van der Waals surface area contributed by atoms with Crippen molar-refractivity contribution in [2.24, 2.45) is 0 Å². The van der Waals surface area contributed by atoms with Gasteiger partial charge in [0.1, 0.15) is 5.75 Å². The maximum Gasteiger partial charge on any atom is 0.260 e. The van der Waals surface area contributed by atoms with Gasteiger partial charge in [-0.3, -0.25) is 9.48 Å². The Morgan fingerprint density at radius 2 is 2.03 bits per heavy atom. The number of aromatic amines is 2. The molecule has 4 aromatic rings. The van der Waals surface area contributed by atoms with Gasteiger partial charge in [0.2, 0.25) is 5.82 Å². The molecule has 0 radical (unpaired) electrons. The number of nitrogens with zero attached hydrogens (tertiary/aromatic N) is 5. The molecule has 0 aliphatic heterocycles. The Kier molecular flexibility index (Phi) is 5.07. The lowest BCUT2D eigenvalue weighted by molar-refractivity contribution is 0.309. The minimum Gasteiger partial charge on any atom is -0.494 e. The molecule has 1 saturated carbocycles. The third kappa shape index (κ3) is 3.98. The number of aromatic nitrogens is 7. The SMILES string of the molecule is CCCCOc1ccc(-c2cc(-c3ccn(C4CC4)n3)c(-c3nn[nH]n3)c(=O)[nH]2)cc1. The molecule has 3 aromatic heterocycles. The van der Waals surface area contributed by atoms with Crippen LogP contribution < -0.4 is 10.3 Å². The fraction of sp³-hybridized carbons (Fsp3) is 0.318. The van der Waals surface area contributed by atoms with Crippen molar-refractivity contribution in [1.29, 1.82) is 0 Å². The Balaban J connectivity index is 1.54. The summed E-state index contributed by atoms with van der Waals surface area (Å²) in [6.45, 7) is 2.83. The predicted octanol–water partition coefficient (Wildman–Crippen LogP) is 3.60. The lowest BCUT2D eigenvalue weighted by atomic mass is 10.0. The number of pyridine rings is 1. The summed E-state index contributed by atoms with van der Waals surface area (Å²) in [5, 5.41) is 18.8. The van der Waals surface area contributed by atoms with Gasteiger partial charge >= 0.3 is 0 Å². The lowest BCUT2D eigenvalue weighted by Gasteiger charge is -2.10. The first-order chi connectivity index (χ1) is 15.2. The number of H-pyrrole nitrogens is 2. The molecule has 0 unspecified atom stereocenters. The van der Waals surface area contributed by atoms with Crippen LogP contribution in [0.5, 0.6) is 5.75 Å². The predicted molar refractivity (Wildman–Crippen MR) is 116 cm³/mol. The first-order valence-corrected chi connectivity index (χ1v) is 10.5. The van der Waals surface area contributed by atoms with Crippen molar-refractivity contribution in [3.05, 3.63) is 52.9 Å². The first-order valence-electron chi connectivity index (χ1n) is 10.5. The zero-order valence-electron chi connectivity index (χ0n) is 17.2. The highest BCUT2D eigenvalue weighted by Crippen LogP contribution is 2.36. The van der Waals surface area contributed by atoms with E-state index in [1.54, 1.807) is 0 Å². The molecule has 158 valence electrons. The van der Waals surface area contributed by atoms with Crippen LogP contribution in [0.15, 0.2) is 47.4 Å². The van der Waals surface area contributed by atoms with E-state index in [-0.39, 0.29) is 11.4 Å². The summed E-state index contributed by atoms with van der Waals surface area (Å²) >= 11 is 0. The van der Waals surface area contributed by atoms with Gasteiger partial charge in [0, 0.05) is 17.5 Å². The van der Waals surface area contributed by atoms with E-state index < -0.39 is 0 Å². The fourth-order valence-corrected chi connectivity index (χ4v) is 3.50. The van der Waals surface area contributed by atoms with Crippen molar-refractivity contribution in [2.75, 3.05) is 6.61 Å². The second-order valence-corrected chi connectivity index (χ2v) is 7.67. The molecule has 1 aliphatic carbocycles. The molecular weight excluding hydrogens is 394 g/mol. The molecule has 0 amide bonds. The Bertz CT molecular complexity index is 1220. The van der Waals surface area contributed by atoms with E-state index in [1.807, 2.05) is 47.3 Å². The van der Waals surface area contributed by atoms with Gasteiger partial charge in [0.05, 0.1) is 23.9 Å². The average molecular weight is 417 g/mol. The van der Waals surface area contributed by atoms with Crippen molar-refractivity contribution < 1.29 is 4.74 Å². The summed E-state index contributed by atoms with van der Waals surface area (Å²) in [5.74, 6) is 1.05. The fourth-order valence-electron chi connectivity index (χ4n) is 3.50. The van der Waals surface area contributed by atoms with E-state index in [0.717, 1.165) is 37.0 Å². The number of tetrazole rings is 1. The molecule has 9 nitrogen and oxygen atoms in total. The molecule has 1 aliphatic rings. The highest BCUT2D eigenvalue weighted by atomic mass is 16.5. The second kappa shape index (κ2) is 8.17. The van der Waals surface area contributed by atoms with Crippen LogP contribution in [-0.4, -0.2) is 42.0 Å². The van der Waals surface area contributed by atoms with E-state index in [9.17, 15) is 4.79 Å². The second-order valence-electron chi connectivity index (χ2n) is 7.67. The number of rotatable bonds is 8. The van der Waals surface area contributed by atoms with Crippen LogP contribution in [0.25, 0.3) is 33.9 Å². The summed E-state index contributed by atoms with van der Waals surface area (Å²) in [4.78, 5) is 16.0. The van der Waals surface area contributed by atoms with Crippen LogP contribution in [0.1, 0.15) is 38.6 Å². The van der Waals surface area contributed by atoms with Gasteiger partial charge in [0.25, 0.3) is 5.56 Å². The van der Waals surface area contributed by atoms with Crippen molar-refractivity contribution in [3.8, 4) is 39.7 Å². The van der Waals surface area contributed by atoms with Crippen LogP contribution in [0, 0.1) is 0 Å². The molecule has 2 N–H and O–H groups in total. The first kappa shape index (κ1) is 19.2. The van der Waals surface area contributed by atoms with Crippen molar-refractivity contribution in [3.63, 3.8) is 0 Å². The Hall–Kier alpha value is -3.75. The van der Waals surface area contributed by atoms with Crippen molar-refractivity contribution in [2.45, 2.75) is 38.6 Å². The van der Waals surface area contributed by atoms with Crippen LogP contribution in [0.2, 0.25) is 0 Å². The molecule has 1 aromatic carbocycles. The lowest BCUT2D eigenvalue weighted by Crippen LogP contribution is -2.13. The summed E-state index contributed by atoms with van der Waals surface area (Å²) in [7, 11) is 0. The number of hydrogen-bond donors (Lipinski definition) is 2. The summed E-state index contributed by atoms with van der Waals surface area (Å²) in [6, 6.07) is 12.0. The molecule has 9 heteroatoms. The average Bonchev–Trinajstić information content (AvgIpc) is 3.28. The zero-order chi connectivity index (χ0) is 21.2. The van der Waals surface area contributed by atoms with E-state index in [0.29, 0.717) is 35.2 Å². The Morgan fingerprint density at radius 1 is 1.19 bits per heavy atom. The zero-order valence-corrected chi connectivity index (χ0v) is 17.2. The van der Waals surface area contributed by atoms with Gasteiger partial charge in [0.15, 0.2) is 0 Å². The number of ether oxygens (including phenoxy) is 1. The minimum atomic E-state index is -0.293. The van der Waals surface area contributed by atoms with E-state index in [2.05, 4.69) is 32.5 Å². The van der Waals surface area contributed by atoms with Crippen molar-refractivity contribution >= 4 is 0 Å². The molecule has 0 spiro atoms. The molecule has 3 heterocycles. The van der Waals surface area contributed by atoms with Gasteiger partial charge in [-0.05, 0) is 66.4 Å². The smallest absolute Gasteiger partial charge is 0.260 e. The van der Waals surface area contributed by atoms with Crippen LogP contribution in [0.3, 0.4) is 0 Å². The van der Waals surface area contributed by atoms with Gasteiger partial charge < -0.3 is 9.72 Å². The molecule has 0 bridgehead atoms. The van der Waals surface area contributed by atoms with Gasteiger partial charge in [-0.2, -0.15) is 10.3 Å². The normalized spacial score (nSPS) is 13.5. The van der Waals surface area contributed by atoms with Crippen LogP contribution in [-0.2, 0) is 0 Å². The number of benzene rings is 1.